The van der Waals surface area contributed by atoms with E-state index in [1.54, 1.807) is 24.3 Å². The first-order valence-corrected chi connectivity index (χ1v) is 7.69. The lowest BCUT2D eigenvalue weighted by Gasteiger charge is -2.60. The van der Waals surface area contributed by atoms with Crippen molar-refractivity contribution in [1.82, 2.24) is 0 Å². The van der Waals surface area contributed by atoms with E-state index in [1.807, 2.05) is 6.07 Å². The minimum Gasteiger partial charge on any atom is -0.443 e. The maximum Gasteiger partial charge on any atom is 0.339 e. The van der Waals surface area contributed by atoms with Crippen molar-refractivity contribution in [1.29, 1.82) is 5.26 Å². The zero-order valence-electron chi connectivity index (χ0n) is 12.6. The fourth-order valence-electron chi connectivity index (χ4n) is 4.20. The van der Waals surface area contributed by atoms with Gasteiger partial charge in [-0.2, -0.15) is 5.26 Å². The second-order valence-corrected chi connectivity index (χ2v) is 6.92. The Morgan fingerprint density at radius 1 is 1.33 bits per heavy atom. The number of fused-ring (bicyclic) bond motifs is 2. The summed E-state index contributed by atoms with van der Waals surface area (Å²) in [5.41, 5.74) is 0.802. The van der Waals surface area contributed by atoms with E-state index in [4.69, 9.17) is 4.74 Å². The molecule has 110 valence electrons. The van der Waals surface area contributed by atoms with Crippen molar-refractivity contribution >= 4 is 5.97 Å². The summed E-state index contributed by atoms with van der Waals surface area (Å²) in [4.78, 5) is 12.2. The van der Waals surface area contributed by atoms with Crippen molar-refractivity contribution in [3.05, 3.63) is 35.9 Å². The number of esters is 1. The molecule has 0 radical (unpaired) electrons. The lowest BCUT2D eigenvalue weighted by Crippen LogP contribution is -2.55. The minimum atomic E-state index is -0.622. The molecule has 3 fully saturated rings. The van der Waals surface area contributed by atoms with E-state index >= 15 is 0 Å². The number of hydrogen-bond donors (Lipinski definition) is 0. The minimum absolute atomic E-state index is 0.183. The van der Waals surface area contributed by atoms with E-state index in [-0.39, 0.29) is 17.3 Å². The van der Waals surface area contributed by atoms with Gasteiger partial charge in [-0.1, -0.05) is 32.0 Å². The molecule has 3 aliphatic rings. The standard InChI is InChI=1S/C18H21NO2/c1-18(2)13-8-9-14(15(18)10-13)16(11-19)21-17(20)12-6-4-3-5-7-12/h3-7,13-16H,8-10H2,1-2H3. The Balaban J connectivity index is 1.72. The van der Waals surface area contributed by atoms with Crippen molar-refractivity contribution in [2.75, 3.05) is 0 Å². The molecule has 1 aromatic carbocycles. The first kappa shape index (κ1) is 14.1. The van der Waals surface area contributed by atoms with Crippen LogP contribution in [0.4, 0.5) is 0 Å². The predicted octanol–water partition coefficient (Wildman–Crippen LogP) is 3.81. The number of nitrogens with zero attached hydrogens (tertiary/aromatic N) is 1. The summed E-state index contributed by atoms with van der Waals surface area (Å²) < 4.78 is 5.51. The van der Waals surface area contributed by atoms with Gasteiger partial charge in [-0.15, -0.1) is 0 Å². The molecule has 4 rings (SSSR count). The molecule has 1 aromatic rings. The fraction of sp³-hybridized carbons (Fsp3) is 0.556. The highest BCUT2D eigenvalue weighted by atomic mass is 16.5. The molecule has 4 atom stereocenters. The summed E-state index contributed by atoms with van der Waals surface area (Å²) in [5.74, 6) is 1.08. The lowest BCUT2D eigenvalue weighted by atomic mass is 9.45. The average molecular weight is 283 g/mol. The van der Waals surface area contributed by atoms with E-state index in [1.165, 1.54) is 6.42 Å². The van der Waals surface area contributed by atoms with Crippen LogP contribution in [0.3, 0.4) is 0 Å². The molecule has 0 saturated heterocycles. The second-order valence-electron chi connectivity index (χ2n) is 6.92. The van der Waals surface area contributed by atoms with Crippen LogP contribution in [0, 0.1) is 34.5 Å². The third kappa shape index (κ3) is 2.33. The van der Waals surface area contributed by atoms with Crippen molar-refractivity contribution in [3.63, 3.8) is 0 Å². The Morgan fingerprint density at radius 3 is 2.62 bits per heavy atom. The van der Waals surface area contributed by atoms with Crippen molar-refractivity contribution < 1.29 is 9.53 Å². The Kier molecular flexibility index (Phi) is 3.49. The van der Waals surface area contributed by atoms with Crippen LogP contribution in [0.5, 0.6) is 0 Å². The molecule has 0 aromatic heterocycles. The summed E-state index contributed by atoms with van der Waals surface area (Å²) in [6, 6.07) is 11.1. The first-order chi connectivity index (χ1) is 10.0. The molecular formula is C18H21NO2. The molecule has 0 heterocycles. The maximum atomic E-state index is 12.2. The zero-order chi connectivity index (χ0) is 15.0. The quantitative estimate of drug-likeness (QED) is 0.793. The molecule has 21 heavy (non-hydrogen) atoms. The van der Waals surface area contributed by atoms with E-state index in [0.717, 1.165) is 18.8 Å². The molecule has 4 unspecified atom stereocenters. The van der Waals surface area contributed by atoms with Gasteiger partial charge in [0.15, 0.2) is 6.10 Å². The third-order valence-corrected chi connectivity index (χ3v) is 5.67. The van der Waals surface area contributed by atoms with E-state index < -0.39 is 6.10 Å². The van der Waals surface area contributed by atoms with Crippen LogP contribution in [-0.4, -0.2) is 12.1 Å². The van der Waals surface area contributed by atoms with Crippen LogP contribution in [-0.2, 0) is 4.74 Å². The van der Waals surface area contributed by atoms with Crippen LogP contribution >= 0.6 is 0 Å². The normalized spacial score (nSPS) is 30.6. The first-order valence-electron chi connectivity index (χ1n) is 7.69. The number of hydrogen-bond acceptors (Lipinski definition) is 3. The van der Waals surface area contributed by atoms with Crippen LogP contribution in [0.15, 0.2) is 30.3 Å². The Bertz CT molecular complexity index is 571. The summed E-state index contributed by atoms with van der Waals surface area (Å²) in [5, 5.41) is 9.45. The van der Waals surface area contributed by atoms with Crippen molar-refractivity contribution in [3.8, 4) is 6.07 Å². The Labute approximate surface area is 125 Å². The van der Waals surface area contributed by atoms with E-state index in [0.29, 0.717) is 11.5 Å². The molecule has 2 bridgehead atoms. The van der Waals surface area contributed by atoms with Crippen LogP contribution in [0.1, 0.15) is 43.5 Å². The predicted molar refractivity (Wildman–Crippen MR) is 79.4 cm³/mol. The number of carbonyl (C=O) groups is 1. The van der Waals surface area contributed by atoms with E-state index in [9.17, 15) is 10.1 Å². The average Bonchev–Trinajstić information content (AvgIpc) is 2.53. The number of ether oxygens (including phenoxy) is 1. The van der Waals surface area contributed by atoms with Gasteiger partial charge in [0.05, 0.1) is 5.56 Å². The molecule has 0 N–H and O–H groups in total. The van der Waals surface area contributed by atoms with Gasteiger partial charge in [0.1, 0.15) is 6.07 Å². The van der Waals surface area contributed by atoms with Gasteiger partial charge in [-0.25, -0.2) is 4.79 Å². The topological polar surface area (TPSA) is 50.1 Å². The van der Waals surface area contributed by atoms with Gasteiger partial charge < -0.3 is 4.74 Å². The molecule has 0 amide bonds. The molecule has 0 aliphatic heterocycles. The summed E-state index contributed by atoms with van der Waals surface area (Å²) >= 11 is 0. The van der Waals surface area contributed by atoms with Gasteiger partial charge in [0, 0.05) is 5.92 Å². The lowest BCUT2D eigenvalue weighted by molar-refractivity contribution is -0.129. The highest BCUT2D eigenvalue weighted by molar-refractivity contribution is 5.89. The Morgan fingerprint density at radius 2 is 2.05 bits per heavy atom. The van der Waals surface area contributed by atoms with Crippen molar-refractivity contribution in [2.45, 2.75) is 39.2 Å². The van der Waals surface area contributed by atoms with E-state index in [2.05, 4.69) is 19.9 Å². The smallest absolute Gasteiger partial charge is 0.339 e. The number of nitriles is 1. The maximum absolute atomic E-state index is 12.2. The highest BCUT2D eigenvalue weighted by Gasteiger charge is 2.56. The summed E-state index contributed by atoms with van der Waals surface area (Å²) in [7, 11) is 0. The SMILES string of the molecule is CC1(C)C2CCC(C(C#N)OC(=O)c3ccccc3)C1C2. The number of benzene rings is 1. The van der Waals surface area contributed by atoms with Gasteiger partial charge >= 0.3 is 5.97 Å². The van der Waals surface area contributed by atoms with Crippen LogP contribution < -0.4 is 0 Å². The summed E-state index contributed by atoms with van der Waals surface area (Å²) in [6.45, 7) is 4.57. The second kappa shape index (κ2) is 5.18. The van der Waals surface area contributed by atoms with Gasteiger partial charge in [0.2, 0.25) is 0 Å². The zero-order valence-corrected chi connectivity index (χ0v) is 12.6. The van der Waals surface area contributed by atoms with Gasteiger partial charge in [-0.05, 0) is 48.6 Å². The molecular weight excluding hydrogens is 262 g/mol. The molecule has 3 aliphatic carbocycles. The van der Waals surface area contributed by atoms with Gasteiger partial charge in [-0.3, -0.25) is 0 Å². The number of carbonyl (C=O) groups excluding carboxylic acids is 1. The fourth-order valence-corrected chi connectivity index (χ4v) is 4.20. The highest BCUT2D eigenvalue weighted by Crippen LogP contribution is 2.62. The van der Waals surface area contributed by atoms with Crippen LogP contribution in [0.2, 0.25) is 0 Å². The van der Waals surface area contributed by atoms with Crippen LogP contribution in [0.25, 0.3) is 0 Å². The molecule has 3 nitrogen and oxygen atoms in total. The summed E-state index contributed by atoms with van der Waals surface area (Å²) in [6.07, 6.45) is 2.70. The monoisotopic (exact) mass is 283 g/mol. The molecule has 0 spiro atoms. The number of rotatable bonds is 3. The van der Waals surface area contributed by atoms with Crippen molar-refractivity contribution in [2.24, 2.45) is 23.2 Å². The molecule has 3 saturated carbocycles. The third-order valence-electron chi connectivity index (χ3n) is 5.67. The Hall–Kier alpha value is -1.82. The van der Waals surface area contributed by atoms with Gasteiger partial charge in [0.25, 0.3) is 0 Å². The largest absolute Gasteiger partial charge is 0.443 e. The molecule has 3 heteroatoms.